The van der Waals surface area contributed by atoms with Crippen molar-refractivity contribution in [1.82, 2.24) is 0 Å². The van der Waals surface area contributed by atoms with Crippen molar-refractivity contribution in [2.75, 3.05) is 6.26 Å². The second-order valence-corrected chi connectivity index (χ2v) is 7.01. The second kappa shape index (κ2) is 12.1. The van der Waals surface area contributed by atoms with E-state index >= 15 is 0 Å². The van der Waals surface area contributed by atoms with Crippen LogP contribution in [0, 0.1) is 6.07 Å². The van der Waals surface area contributed by atoms with Crippen molar-refractivity contribution in [2.24, 2.45) is 0 Å². The predicted octanol–water partition coefficient (Wildman–Crippen LogP) is 5.70. The monoisotopic (exact) mass is 306 g/mol. The lowest BCUT2D eigenvalue weighted by molar-refractivity contribution is 0.0794. The first kappa shape index (κ1) is 18.6. The van der Waals surface area contributed by atoms with E-state index in [1.165, 1.54) is 38.5 Å². The molecule has 0 aliphatic carbocycles. The van der Waals surface area contributed by atoms with E-state index in [1.807, 2.05) is 36.0 Å². The zero-order chi connectivity index (χ0) is 15.3. The van der Waals surface area contributed by atoms with E-state index in [0.717, 1.165) is 18.4 Å². The van der Waals surface area contributed by atoms with Crippen LogP contribution in [-0.2, 0) is 11.5 Å². The van der Waals surface area contributed by atoms with Crippen LogP contribution in [0.4, 0.5) is 0 Å². The van der Waals surface area contributed by atoms with E-state index in [2.05, 4.69) is 19.2 Å². The Hall–Kier alpha value is -0.470. The fourth-order valence-electron chi connectivity index (χ4n) is 2.65. The summed E-state index contributed by atoms with van der Waals surface area (Å²) in [5.74, 6) is 0. The number of hydrogen-bond acceptors (Lipinski definition) is 1. The van der Waals surface area contributed by atoms with Crippen LogP contribution in [0.3, 0.4) is 0 Å². The Bertz CT molecular complexity index is 339. The molecule has 2 heteroatoms. The lowest BCUT2D eigenvalue weighted by Crippen LogP contribution is -2.12. The highest BCUT2D eigenvalue weighted by Crippen LogP contribution is 2.22. The first-order valence-corrected chi connectivity index (χ1v) is 9.68. The fourth-order valence-corrected chi connectivity index (χ4v) is 3.42. The third kappa shape index (κ3) is 9.21. The molecule has 2 atom stereocenters. The highest BCUT2D eigenvalue weighted by atomic mass is 32.2. The Morgan fingerprint density at radius 2 is 1.76 bits per heavy atom. The Labute approximate surface area is 135 Å². The first-order chi connectivity index (χ1) is 10.3. The smallest absolute Gasteiger partial charge is 0.0970 e. The summed E-state index contributed by atoms with van der Waals surface area (Å²) in [6.45, 7) is 2.25. The summed E-state index contributed by atoms with van der Waals surface area (Å²) < 4.78 is 0. The minimum atomic E-state index is -0.456. The Kier molecular flexibility index (Phi) is 10.7. The van der Waals surface area contributed by atoms with Crippen LogP contribution in [0.25, 0.3) is 0 Å². The van der Waals surface area contributed by atoms with Gasteiger partial charge in [-0.1, -0.05) is 63.3 Å². The molecule has 0 N–H and O–H groups in total. The number of unbranched alkanes of at least 4 members (excludes halogenated alkanes) is 4. The van der Waals surface area contributed by atoms with Gasteiger partial charge in [0.25, 0.3) is 0 Å². The number of hydrogen-bond donors (Lipinski definition) is 0. The van der Waals surface area contributed by atoms with E-state index in [9.17, 15) is 5.11 Å². The fraction of sp³-hybridized carbons (Fsp3) is 0.684. The lowest BCUT2D eigenvalue weighted by atomic mass is 10.0. The third-order valence-electron chi connectivity index (χ3n) is 4.02. The van der Waals surface area contributed by atoms with Crippen molar-refractivity contribution in [3.63, 3.8) is 0 Å². The van der Waals surface area contributed by atoms with Gasteiger partial charge in [-0.05, 0) is 37.1 Å². The molecule has 2 radical (unpaired) electrons. The zero-order valence-electron chi connectivity index (χ0n) is 13.6. The Balaban J connectivity index is 2.15. The van der Waals surface area contributed by atoms with E-state index in [0.29, 0.717) is 11.7 Å². The van der Waals surface area contributed by atoms with Gasteiger partial charge in [-0.2, -0.15) is 11.8 Å². The first-order valence-electron chi connectivity index (χ1n) is 8.39. The van der Waals surface area contributed by atoms with Gasteiger partial charge in [0, 0.05) is 11.7 Å². The van der Waals surface area contributed by atoms with Gasteiger partial charge in [0.15, 0.2) is 0 Å². The van der Waals surface area contributed by atoms with Crippen LogP contribution in [0.2, 0.25) is 0 Å². The highest BCUT2D eigenvalue weighted by molar-refractivity contribution is 7.99. The SMILES string of the molecule is CCCCCCCC(CCC([O])Cc1cc[c]cc1)SC. The molecule has 0 heterocycles. The summed E-state index contributed by atoms with van der Waals surface area (Å²) in [7, 11) is 0. The molecule has 0 aliphatic heterocycles. The maximum Gasteiger partial charge on any atom is 0.0970 e. The molecule has 1 aromatic carbocycles. The topological polar surface area (TPSA) is 19.9 Å². The minimum absolute atomic E-state index is 0.456. The summed E-state index contributed by atoms with van der Waals surface area (Å²) in [5, 5.41) is 12.8. The van der Waals surface area contributed by atoms with Gasteiger partial charge in [-0.25, -0.2) is 5.11 Å². The molecule has 0 amide bonds. The molecule has 1 nitrogen and oxygen atoms in total. The average molecular weight is 307 g/mol. The molecular formula is C19H30OS. The number of thioether (sulfide) groups is 1. The van der Waals surface area contributed by atoms with Crippen LogP contribution in [0.5, 0.6) is 0 Å². The molecule has 0 spiro atoms. The summed E-state index contributed by atoms with van der Waals surface area (Å²) in [4.78, 5) is 0. The molecule has 0 saturated carbocycles. The van der Waals surface area contributed by atoms with Crippen LogP contribution in [0.1, 0.15) is 63.9 Å². The largest absolute Gasteiger partial charge is 0.233 e. The normalized spacial score (nSPS) is 14.0. The van der Waals surface area contributed by atoms with Crippen LogP contribution in [-0.4, -0.2) is 17.6 Å². The van der Waals surface area contributed by atoms with Crippen LogP contribution < -0.4 is 0 Å². The van der Waals surface area contributed by atoms with Crippen molar-refractivity contribution >= 4 is 11.8 Å². The van der Waals surface area contributed by atoms with Crippen LogP contribution in [0.15, 0.2) is 24.3 Å². The molecule has 0 bridgehead atoms. The molecule has 1 aromatic rings. The van der Waals surface area contributed by atoms with Gasteiger partial charge in [0.05, 0.1) is 6.10 Å². The minimum Gasteiger partial charge on any atom is -0.233 e. The molecule has 0 aromatic heterocycles. The highest BCUT2D eigenvalue weighted by Gasteiger charge is 2.12. The second-order valence-electron chi connectivity index (χ2n) is 5.87. The number of benzene rings is 1. The summed E-state index contributed by atoms with van der Waals surface area (Å²) in [5.41, 5.74) is 1.15. The standard InChI is InChI=1S/C19H30OS/c1-3-4-5-6-10-13-19(21-2)15-14-18(20)16-17-11-8-7-9-12-17/h8-9,11-12,18-19H,3-6,10,13-16H2,1-2H3. The predicted molar refractivity (Wildman–Crippen MR) is 93.4 cm³/mol. The summed E-state index contributed by atoms with van der Waals surface area (Å²) in [6, 6.07) is 10.8. The molecule has 0 saturated heterocycles. The van der Waals surface area contributed by atoms with Crippen LogP contribution >= 0.6 is 11.8 Å². The Morgan fingerprint density at radius 3 is 2.43 bits per heavy atom. The summed E-state index contributed by atoms with van der Waals surface area (Å²) in [6.07, 6.45) is 12.3. The van der Waals surface area contributed by atoms with E-state index in [-0.39, 0.29) is 0 Å². The molecule has 0 fully saturated rings. The van der Waals surface area contributed by atoms with Crippen molar-refractivity contribution in [3.05, 3.63) is 35.9 Å². The molecule has 21 heavy (non-hydrogen) atoms. The van der Waals surface area contributed by atoms with Crippen molar-refractivity contribution in [2.45, 2.75) is 76.1 Å². The molecular weight excluding hydrogens is 276 g/mol. The molecule has 0 aliphatic rings. The maximum atomic E-state index is 12.1. The summed E-state index contributed by atoms with van der Waals surface area (Å²) >= 11 is 1.94. The molecule has 118 valence electrons. The van der Waals surface area contributed by atoms with Crippen molar-refractivity contribution < 1.29 is 5.11 Å². The van der Waals surface area contributed by atoms with E-state index in [1.54, 1.807) is 0 Å². The third-order valence-corrected chi connectivity index (χ3v) is 5.16. The van der Waals surface area contributed by atoms with E-state index < -0.39 is 6.10 Å². The van der Waals surface area contributed by atoms with Gasteiger partial charge < -0.3 is 0 Å². The molecule has 2 unspecified atom stereocenters. The average Bonchev–Trinajstić information content (AvgIpc) is 2.51. The lowest BCUT2D eigenvalue weighted by Gasteiger charge is -2.16. The maximum absolute atomic E-state index is 12.1. The zero-order valence-corrected chi connectivity index (χ0v) is 14.5. The van der Waals surface area contributed by atoms with Gasteiger partial charge >= 0.3 is 0 Å². The number of rotatable bonds is 12. The Morgan fingerprint density at radius 1 is 1.05 bits per heavy atom. The quantitative estimate of drug-likeness (QED) is 0.453. The van der Waals surface area contributed by atoms with E-state index in [4.69, 9.17) is 0 Å². The van der Waals surface area contributed by atoms with Crippen molar-refractivity contribution in [1.29, 1.82) is 0 Å². The molecule has 1 rings (SSSR count). The van der Waals surface area contributed by atoms with Gasteiger partial charge in [-0.15, -0.1) is 0 Å². The van der Waals surface area contributed by atoms with Gasteiger partial charge in [0.1, 0.15) is 0 Å². The van der Waals surface area contributed by atoms with Gasteiger partial charge in [0.2, 0.25) is 0 Å². The van der Waals surface area contributed by atoms with Gasteiger partial charge in [-0.3, -0.25) is 0 Å². The van der Waals surface area contributed by atoms with Crippen molar-refractivity contribution in [3.8, 4) is 0 Å².